The van der Waals surface area contributed by atoms with Crippen LogP contribution in [-0.2, 0) is 11.8 Å². The van der Waals surface area contributed by atoms with Gasteiger partial charge >= 0.3 is 5.97 Å². The molecule has 6 heteroatoms. The Hall–Kier alpha value is -1.59. The zero-order valence-electron chi connectivity index (χ0n) is 7.19. The van der Waals surface area contributed by atoms with Crippen LogP contribution in [0.4, 0.5) is 5.82 Å². The Balaban J connectivity index is 2.43. The van der Waals surface area contributed by atoms with Gasteiger partial charge in [-0.2, -0.15) is 0 Å². The highest BCUT2D eigenvalue weighted by Gasteiger charge is 2.30. The van der Waals surface area contributed by atoms with Crippen molar-refractivity contribution in [2.75, 3.05) is 11.9 Å². The fraction of sp³-hybridized carbons (Fsp3) is 0.571. The molecule has 0 saturated carbocycles. The second-order valence-electron chi connectivity index (χ2n) is 3.05. The number of hydrogen-bond acceptors (Lipinski definition) is 4. The number of rotatable bonds is 1. The van der Waals surface area contributed by atoms with Crippen LogP contribution in [0.2, 0.25) is 0 Å². The Morgan fingerprint density at radius 1 is 1.77 bits per heavy atom. The third kappa shape index (κ3) is 1.14. The van der Waals surface area contributed by atoms with E-state index in [1.54, 1.807) is 11.7 Å². The standard InChI is InChI=1S/C7H10N4O2/c1-11-6-5(9-10-11)4(7(12)13)2-3-8-6/h4,8H,2-3H2,1H3,(H,12,13)/t4-/m0/s1. The lowest BCUT2D eigenvalue weighted by Gasteiger charge is -2.18. The van der Waals surface area contributed by atoms with Gasteiger partial charge in [0.25, 0.3) is 0 Å². The zero-order valence-corrected chi connectivity index (χ0v) is 7.19. The van der Waals surface area contributed by atoms with E-state index in [0.717, 1.165) is 5.82 Å². The molecule has 1 atom stereocenters. The maximum Gasteiger partial charge on any atom is 0.312 e. The summed E-state index contributed by atoms with van der Waals surface area (Å²) in [5.41, 5.74) is 0.543. The Labute approximate surface area is 74.6 Å². The maximum absolute atomic E-state index is 10.8. The van der Waals surface area contributed by atoms with E-state index >= 15 is 0 Å². The Bertz CT molecular complexity index is 346. The molecule has 0 aromatic carbocycles. The molecular formula is C7H10N4O2. The number of nitrogens with one attached hydrogen (secondary N) is 1. The van der Waals surface area contributed by atoms with Gasteiger partial charge in [0, 0.05) is 13.6 Å². The van der Waals surface area contributed by atoms with Crippen LogP contribution in [0.5, 0.6) is 0 Å². The molecule has 0 bridgehead atoms. The van der Waals surface area contributed by atoms with Gasteiger partial charge in [0.1, 0.15) is 17.4 Å². The molecule has 0 amide bonds. The number of nitrogens with zero attached hydrogens (tertiary/aromatic N) is 3. The van der Waals surface area contributed by atoms with Crippen molar-refractivity contribution in [2.45, 2.75) is 12.3 Å². The summed E-state index contributed by atoms with van der Waals surface area (Å²) in [6.07, 6.45) is 0.570. The van der Waals surface area contributed by atoms with E-state index in [2.05, 4.69) is 15.6 Å². The summed E-state index contributed by atoms with van der Waals surface area (Å²) in [6, 6.07) is 0. The first kappa shape index (κ1) is 8.03. The lowest BCUT2D eigenvalue weighted by atomic mass is 9.99. The smallest absolute Gasteiger partial charge is 0.312 e. The Kier molecular flexibility index (Phi) is 1.68. The summed E-state index contributed by atoms with van der Waals surface area (Å²) in [6.45, 7) is 0.658. The van der Waals surface area contributed by atoms with Crippen LogP contribution < -0.4 is 5.32 Å². The molecule has 0 radical (unpaired) electrons. The lowest BCUT2D eigenvalue weighted by Crippen LogP contribution is -2.23. The van der Waals surface area contributed by atoms with Crippen LogP contribution in [-0.4, -0.2) is 32.6 Å². The SMILES string of the molecule is Cn1nnc2c1NCC[C@@H]2C(=O)O. The van der Waals surface area contributed by atoms with Crippen LogP contribution in [0.3, 0.4) is 0 Å². The van der Waals surface area contributed by atoms with E-state index in [9.17, 15) is 4.79 Å². The summed E-state index contributed by atoms with van der Waals surface area (Å²) < 4.78 is 1.56. The first-order valence-corrected chi connectivity index (χ1v) is 4.06. The van der Waals surface area contributed by atoms with E-state index in [-0.39, 0.29) is 0 Å². The fourth-order valence-corrected chi connectivity index (χ4v) is 1.52. The number of carboxylic acid groups (broad SMARTS) is 1. The summed E-state index contributed by atoms with van der Waals surface area (Å²) in [7, 11) is 1.74. The minimum Gasteiger partial charge on any atom is -0.481 e. The molecule has 13 heavy (non-hydrogen) atoms. The third-order valence-corrected chi connectivity index (χ3v) is 2.21. The molecule has 6 nitrogen and oxygen atoms in total. The highest BCUT2D eigenvalue weighted by Crippen LogP contribution is 2.28. The van der Waals surface area contributed by atoms with Crippen molar-refractivity contribution in [1.82, 2.24) is 15.0 Å². The number of aryl methyl sites for hydroxylation is 1. The predicted octanol–water partition coefficient (Wildman–Crippen LogP) is -0.201. The molecule has 2 heterocycles. The number of fused-ring (bicyclic) bond motifs is 1. The number of aromatic nitrogens is 3. The second-order valence-corrected chi connectivity index (χ2v) is 3.05. The predicted molar refractivity (Wildman–Crippen MR) is 44.5 cm³/mol. The van der Waals surface area contributed by atoms with Gasteiger partial charge in [0.15, 0.2) is 0 Å². The van der Waals surface area contributed by atoms with Crippen molar-refractivity contribution in [3.8, 4) is 0 Å². The molecule has 2 N–H and O–H groups in total. The first-order chi connectivity index (χ1) is 6.20. The summed E-state index contributed by atoms with van der Waals surface area (Å²) >= 11 is 0. The van der Waals surface area contributed by atoms with Gasteiger partial charge < -0.3 is 10.4 Å². The van der Waals surface area contributed by atoms with Crippen molar-refractivity contribution in [1.29, 1.82) is 0 Å². The number of carboxylic acids is 1. The molecule has 0 fully saturated rings. The number of carbonyl (C=O) groups is 1. The Morgan fingerprint density at radius 2 is 2.54 bits per heavy atom. The number of anilines is 1. The summed E-state index contributed by atoms with van der Waals surface area (Å²) in [5, 5.41) is 19.6. The molecule has 0 spiro atoms. The van der Waals surface area contributed by atoms with Gasteiger partial charge in [-0.3, -0.25) is 4.79 Å². The highest BCUT2D eigenvalue weighted by molar-refractivity contribution is 5.78. The molecule has 1 aromatic rings. The molecule has 0 unspecified atom stereocenters. The van der Waals surface area contributed by atoms with Crippen molar-refractivity contribution in [3.05, 3.63) is 5.69 Å². The van der Waals surface area contributed by atoms with Crippen molar-refractivity contribution >= 4 is 11.8 Å². The molecule has 0 saturated heterocycles. The van der Waals surface area contributed by atoms with Crippen LogP contribution in [0.1, 0.15) is 18.0 Å². The number of hydrogen-bond donors (Lipinski definition) is 2. The molecule has 2 rings (SSSR count). The average molecular weight is 182 g/mol. The van der Waals surface area contributed by atoms with E-state index in [0.29, 0.717) is 18.7 Å². The monoisotopic (exact) mass is 182 g/mol. The maximum atomic E-state index is 10.8. The van der Waals surface area contributed by atoms with E-state index in [1.807, 2.05) is 0 Å². The molecule has 1 aliphatic rings. The quantitative estimate of drug-likeness (QED) is 0.628. The van der Waals surface area contributed by atoms with Crippen LogP contribution in [0.25, 0.3) is 0 Å². The van der Waals surface area contributed by atoms with Crippen LogP contribution in [0.15, 0.2) is 0 Å². The molecule has 1 aromatic heterocycles. The van der Waals surface area contributed by atoms with Gasteiger partial charge in [-0.1, -0.05) is 5.21 Å². The van der Waals surface area contributed by atoms with Crippen LogP contribution >= 0.6 is 0 Å². The van der Waals surface area contributed by atoms with E-state index in [4.69, 9.17) is 5.11 Å². The first-order valence-electron chi connectivity index (χ1n) is 4.06. The summed E-state index contributed by atoms with van der Waals surface area (Å²) in [4.78, 5) is 10.8. The van der Waals surface area contributed by atoms with Gasteiger partial charge in [-0.15, -0.1) is 5.10 Å². The van der Waals surface area contributed by atoms with Gasteiger partial charge in [-0.05, 0) is 6.42 Å². The zero-order chi connectivity index (χ0) is 9.42. The third-order valence-electron chi connectivity index (χ3n) is 2.21. The summed E-state index contributed by atoms with van der Waals surface area (Å²) in [5.74, 6) is -0.619. The topological polar surface area (TPSA) is 80.0 Å². The van der Waals surface area contributed by atoms with Crippen molar-refractivity contribution < 1.29 is 9.90 Å². The fourth-order valence-electron chi connectivity index (χ4n) is 1.52. The Morgan fingerprint density at radius 3 is 3.23 bits per heavy atom. The van der Waals surface area contributed by atoms with Crippen molar-refractivity contribution in [3.63, 3.8) is 0 Å². The average Bonchev–Trinajstić information content (AvgIpc) is 2.48. The lowest BCUT2D eigenvalue weighted by molar-refractivity contribution is -0.139. The van der Waals surface area contributed by atoms with Crippen molar-refractivity contribution in [2.24, 2.45) is 7.05 Å². The second kappa shape index (κ2) is 2.72. The largest absolute Gasteiger partial charge is 0.481 e. The van der Waals surface area contributed by atoms with E-state index < -0.39 is 11.9 Å². The highest BCUT2D eigenvalue weighted by atomic mass is 16.4. The molecule has 1 aliphatic heterocycles. The number of aliphatic carboxylic acids is 1. The minimum absolute atomic E-state index is 0.509. The normalized spacial score (nSPS) is 20.5. The molecular weight excluding hydrogens is 172 g/mol. The van der Waals surface area contributed by atoms with Crippen LogP contribution in [0, 0.1) is 0 Å². The molecule has 0 aliphatic carbocycles. The van der Waals surface area contributed by atoms with E-state index in [1.165, 1.54) is 0 Å². The van der Waals surface area contributed by atoms with Gasteiger partial charge in [0.05, 0.1) is 0 Å². The van der Waals surface area contributed by atoms with Gasteiger partial charge in [0.2, 0.25) is 0 Å². The molecule has 70 valence electrons. The van der Waals surface area contributed by atoms with Gasteiger partial charge in [-0.25, -0.2) is 4.68 Å². The minimum atomic E-state index is -0.830.